The lowest BCUT2D eigenvalue weighted by Crippen LogP contribution is -2.26. The van der Waals surface area contributed by atoms with Gasteiger partial charge >= 0.3 is 0 Å². The number of anilines is 1. The van der Waals surface area contributed by atoms with E-state index in [1.165, 1.54) is 22.3 Å². The lowest BCUT2D eigenvalue weighted by molar-refractivity contribution is -0.112. The topological polar surface area (TPSA) is 78.9 Å². The summed E-state index contributed by atoms with van der Waals surface area (Å²) in [5.41, 5.74) is 2.00. The molecule has 164 valence electrons. The summed E-state index contributed by atoms with van der Waals surface area (Å²) in [6, 6.07) is 12.8. The van der Waals surface area contributed by atoms with Gasteiger partial charge in [-0.15, -0.1) is 11.3 Å². The maximum absolute atomic E-state index is 12.7. The molecule has 0 spiro atoms. The molecule has 0 aliphatic heterocycles. The van der Waals surface area contributed by atoms with Crippen molar-refractivity contribution >= 4 is 40.1 Å². The van der Waals surface area contributed by atoms with Crippen LogP contribution in [0.5, 0.6) is 0 Å². The van der Waals surface area contributed by atoms with E-state index in [2.05, 4.69) is 31.1 Å². The molecular weight excluding hydrogens is 442 g/mol. The van der Waals surface area contributed by atoms with Gasteiger partial charge in [-0.3, -0.25) is 10.1 Å². The largest absolute Gasteiger partial charge is 0.457 e. The summed E-state index contributed by atoms with van der Waals surface area (Å²) in [6.07, 6.45) is 4.42. The fourth-order valence-corrected chi connectivity index (χ4v) is 5.17. The number of nitrogens with one attached hydrogen (secondary N) is 1. The first-order valence-corrected chi connectivity index (χ1v) is 11.7. The molecule has 0 radical (unpaired) electrons. The normalized spacial score (nSPS) is 16.3. The minimum Gasteiger partial charge on any atom is -0.457 e. The summed E-state index contributed by atoms with van der Waals surface area (Å²) in [6.45, 7) is 6.80. The molecule has 3 aromatic rings. The summed E-state index contributed by atoms with van der Waals surface area (Å²) in [4.78, 5) is 18.5. The molecule has 0 saturated carbocycles. The highest BCUT2D eigenvalue weighted by atomic mass is 35.5. The number of carbonyl (C=O) groups excluding carboxylic acids is 1. The van der Waals surface area contributed by atoms with E-state index in [0.29, 0.717) is 27.6 Å². The molecule has 32 heavy (non-hydrogen) atoms. The van der Waals surface area contributed by atoms with Gasteiger partial charge < -0.3 is 4.42 Å². The van der Waals surface area contributed by atoms with Crippen LogP contribution in [0.25, 0.3) is 17.4 Å². The first kappa shape index (κ1) is 22.3. The molecule has 1 N–H and O–H groups in total. The molecule has 0 bridgehead atoms. The summed E-state index contributed by atoms with van der Waals surface area (Å²) < 4.78 is 5.79. The van der Waals surface area contributed by atoms with E-state index in [1.54, 1.807) is 18.2 Å². The molecule has 0 fully saturated rings. The third-order valence-corrected chi connectivity index (χ3v) is 7.17. The van der Waals surface area contributed by atoms with E-state index < -0.39 is 5.91 Å². The van der Waals surface area contributed by atoms with Crippen LogP contribution >= 0.6 is 22.9 Å². The molecule has 2 heterocycles. The van der Waals surface area contributed by atoms with Gasteiger partial charge in [-0.25, -0.2) is 4.98 Å². The predicted octanol–water partition coefficient (Wildman–Crippen LogP) is 6.75. The zero-order valence-corrected chi connectivity index (χ0v) is 19.8. The van der Waals surface area contributed by atoms with E-state index in [0.717, 1.165) is 30.5 Å². The Balaban J connectivity index is 1.49. The van der Waals surface area contributed by atoms with Crippen LogP contribution in [-0.4, -0.2) is 10.9 Å². The number of aromatic nitrogens is 1. The number of fused-ring (bicyclic) bond motifs is 1. The van der Waals surface area contributed by atoms with Gasteiger partial charge in [0.15, 0.2) is 5.13 Å². The van der Waals surface area contributed by atoms with Gasteiger partial charge in [0.25, 0.3) is 5.91 Å². The Morgan fingerprint density at radius 1 is 1.31 bits per heavy atom. The average molecular weight is 466 g/mol. The van der Waals surface area contributed by atoms with Gasteiger partial charge in [-0.1, -0.05) is 44.5 Å². The molecular formula is C25H24ClN3O2S. The molecule has 7 heteroatoms. The zero-order chi connectivity index (χ0) is 22.9. The van der Waals surface area contributed by atoms with E-state index >= 15 is 0 Å². The van der Waals surface area contributed by atoms with Crippen LogP contribution in [0.1, 0.15) is 43.5 Å². The van der Waals surface area contributed by atoms with Crippen molar-refractivity contribution in [3.8, 4) is 17.4 Å². The van der Waals surface area contributed by atoms with Crippen molar-refractivity contribution in [2.75, 3.05) is 5.32 Å². The van der Waals surface area contributed by atoms with Gasteiger partial charge in [0.05, 0.1) is 10.7 Å². The summed E-state index contributed by atoms with van der Waals surface area (Å²) in [7, 11) is 0. The second kappa shape index (κ2) is 8.93. The van der Waals surface area contributed by atoms with Crippen molar-refractivity contribution in [1.82, 2.24) is 4.98 Å². The summed E-state index contributed by atoms with van der Waals surface area (Å²) >= 11 is 7.72. The van der Waals surface area contributed by atoms with Gasteiger partial charge in [0, 0.05) is 16.5 Å². The number of nitrogens with zero attached hydrogens (tertiary/aromatic N) is 2. The third-order valence-electron chi connectivity index (χ3n) is 5.80. The van der Waals surface area contributed by atoms with Crippen molar-refractivity contribution in [3.63, 3.8) is 0 Å². The second-order valence-corrected chi connectivity index (χ2v) is 10.5. The molecule has 1 aliphatic rings. The highest BCUT2D eigenvalue weighted by Crippen LogP contribution is 2.40. The van der Waals surface area contributed by atoms with Gasteiger partial charge in [0.1, 0.15) is 23.2 Å². The molecule has 4 rings (SSSR count). The second-order valence-electron chi connectivity index (χ2n) is 9.00. The number of amides is 1. The van der Waals surface area contributed by atoms with Crippen LogP contribution in [0.3, 0.4) is 0 Å². The number of halogens is 1. The van der Waals surface area contributed by atoms with Crippen LogP contribution in [0.15, 0.2) is 46.4 Å². The van der Waals surface area contributed by atoms with E-state index in [4.69, 9.17) is 16.0 Å². The monoisotopic (exact) mass is 465 g/mol. The third kappa shape index (κ3) is 4.79. The Kier molecular flexibility index (Phi) is 6.23. The Hall–Kier alpha value is -2.88. The molecule has 5 nitrogen and oxygen atoms in total. The fraction of sp³-hybridized carbons (Fsp3) is 0.320. The number of benzene rings is 1. The Morgan fingerprint density at radius 3 is 2.81 bits per heavy atom. The van der Waals surface area contributed by atoms with E-state index in [1.807, 2.05) is 24.3 Å². The average Bonchev–Trinajstić information content (AvgIpc) is 3.37. The van der Waals surface area contributed by atoms with Crippen LogP contribution in [0.4, 0.5) is 5.13 Å². The fourth-order valence-electron chi connectivity index (χ4n) is 3.86. The first-order chi connectivity index (χ1) is 15.2. The van der Waals surface area contributed by atoms with Crippen LogP contribution in [0, 0.1) is 22.7 Å². The van der Waals surface area contributed by atoms with Crippen LogP contribution in [-0.2, 0) is 17.6 Å². The van der Waals surface area contributed by atoms with Crippen molar-refractivity contribution in [2.45, 2.75) is 40.0 Å². The molecule has 1 aromatic carbocycles. The maximum atomic E-state index is 12.7. The number of hydrogen-bond acceptors (Lipinski definition) is 5. The van der Waals surface area contributed by atoms with Gasteiger partial charge in [-0.05, 0) is 54.9 Å². The summed E-state index contributed by atoms with van der Waals surface area (Å²) in [5.74, 6) is 1.07. The van der Waals surface area contributed by atoms with Crippen molar-refractivity contribution in [3.05, 3.63) is 63.3 Å². The van der Waals surface area contributed by atoms with Crippen molar-refractivity contribution in [2.24, 2.45) is 11.3 Å². The van der Waals surface area contributed by atoms with Crippen molar-refractivity contribution in [1.29, 1.82) is 5.26 Å². The van der Waals surface area contributed by atoms with Crippen LogP contribution < -0.4 is 5.32 Å². The number of thiazole rings is 1. The first-order valence-electron chi connectivity index (χ1n) is 10.5. The number of carbonyl (C=O) groups is 1. The Morgan fingerprint density at radius 2 is 2.09 bits per heavy atom. The van der Waals surface area contributed by atoms with Gasteiger partial charge in [-0.2, -0.15) is 5.26 Å². The molecule has 1 amide bonds. The standard InChI is InChI=1S/C25H24ClN3O2S/c1-25(2,3)16-8-10-20-22(13-16)32-24(28-20)29-23(30)15(14-27)12-17-9-11-21(31-17)18-6-4-5-7-19(18)26/h4-7,9,11-12,16H,8,10,13H2,1-3H3,(H,28,29,30). The zero-order valence-electron chi connectivity index (χ0n) is 18.2. The quantitative estimate of drug-likeness (QED) is 0.341. The van der Waals surface area contributed by atoms with E-state index in [9.17, 15) is 10.1 Å². The Labute approximate surface area is 196 Å². The maximum Gasteiger partial charge on any atom is 0.268 e. The molecule has 1 aliphatic carbocycles. The number of rotatable bonds is 4. The highest BCUT2D eigenvalue weighted by Gasteiger charge is 2.31. The van der Waals surface area contributed by atoms with E-state index in [-0.39, 0.29) is 11.0 Å². The lowest BCUT2D eigenvalue weighted by atomic mass is 9.73. The molecule has 1 unspecified atom stereocenters. The molecule has 1 atom stereocenters. The minimum absolute atomic E-state index is 0.0502. The minimum atomic E-state index is -0.498. The number of nitriles is 1. The number of furan rings is 1. The smallest absolute Gasteiger partial charge is 0.268 e. The highest BCUT2D eigenvalue weighted by molar-refractivity contribution is 7.15. The lowest BCUT2D eigenvalue weighted by Gasteiger charge is -2.33. The number of hydrogen-bond donors (Lipinski definition) is 1. The van der Waals surface area contributed by atoms with Crippen molar-refractivity contribution < 1.29 is 9.21 Å². The SMILES string of the molecule is CC(C)(C)C1CCc2nc(NC(=O)C(C#N)=Cc3ccc(-c4ccccc4Cl)o3)sc2C1. The molecule has 2 aromatic heterocycles. The molecule has 0 saturated heterocycles. The van der Waals surface area contributed by atoms with Gasteiger partial charge in [0.2, 0.25) is 0 Å². The van der Waals surface area contributed by atoms with Crippen LogP contribution in [0.2, 0.25) is 5.02 Å². The Bertz CT molecular complexity index is 1230. The predicted molar refractivity (Wildman–Crippen MR) is 128 cm³/mol. The summed E-state index contributed by atoms with van der Waals surface area (Å²) in [5, 5.41) is 13.4. The number of aryl methyl sites for hydroxylation is 1.